The molecule has 0 unspecified atom stereocenters. The first-order valence-electron chi connectivity index (χ1n) is 4.90. The van der Waals surface area contributed by atoms with Crippen molar-refractivity contribution in [2.75, 3.05) is 0 Å². The Morgan fingerprint density at radius 1 is 1.31 bits per heavy atom. The minimum atomic E-state index is 0.567. The van der Waals surface area contributed by atoms with Crippen LogP contribution in [0.5, 0.6) is 0 Å². The Morgan fingerprint density at radius 2 is 2.00 bits per heavy atom. The maximum absolute atomic E-state index is 10.6. The maximum atomic E-state index is 10.6. The van der Waals surface area contributed by atoms with Crippen LogP contribution in [0.15, 0.2) is 30.3 Å². The van der Waals surface area contributed by atoms with Crippen molar-refractivity contribution in [3.05, 3.63) is 47.3 Å². The van der Waals surface area contributed by atoms with E-state index in [9.17, 15) is 4.79 Å². The van der Waals surface area contributed by atoms with Crippen molar-refractivity contribution in [3.8, 4) is 17.2 Å². The molecule has 0 bridgehead atoms. The summed E-state index contributed by atoms with van der Waals surface area (Å²) < 4.78 is 0. The number of aryl methyl sites for hydroxylation is 1. The van der Waals surface area contributed by atoms with E-state index in [1.54, 1.807) is 12.1 Å². The number of nitrogens with one attached hydrogen (secondary N) is 1. The molecule has 0 fully saturated rings. The minimum absolute atomic E-state index is 0.567. The predicted octanol–water partition coefficient (Wildman–Crippen LogP) is 2.67. The SMILES string of the molecule is Cc1[nH]c(C=O)cc1-c1ccc(C#N)cc1. The minimum Gasteiger partial charge on any atom is -0.356 e. The van der Waals surface area contributed by atoms with E-state index >= 15 is 0 Å². The Morgan fingerprint density at radius 3 is 2.50 bits per heavy atom. The molecule has 0 aliphatic carbocycles. The highest BCUT2D eigenvalue weighted by Gasteiger charge is 2.06. The van der Waals surface area contributed by atoms with Crippen LogP contribution in [0.4, 0.5) is 0 Å². The highest BCUT2D eigenvalue weighted by molar-refractivity contribution is 5.78. The van der Waals surface area contributed by atoms with Crippen LogP contribution >= 0.6 is 0 Å². The van der Waals surface area contributed by atoms with Crippen molar-refractivity contribution in [1.29, 1.82) is 5.26 Å². The monoisotopic (exact) mass is 210 g/mol. The molecular weight excluding hydrogens is 200 g/mol. The first-order valence-corrected chi connectivity index (χ1v) is 4.90. The number of carbonyl (C=O) groups excluding carboxylic acids is 1. The van der Waals surface area contributed by atoms with Crippen LogP contribution in [0.3, 0.4) is 0 Å². The lowest BCUT2D eigenvalue weighted by Gasteiger charge is -1.99. The quantitative estimate of drug-likeness (QED) is 0.775. The van der Waals surface area contributed by atoms with Crippen molar-refractivity contribution in [1.82, 2.24) is 4.98 Å². The van der Waals surface area contributed by atoms with E-state index in [0.717, 1.165) is 23.1 Å². The van der Waals surface area contributed by atoms with E-state index in [4.69, 9.17) is 5.26 Å². The van der Waals surface area contributed by atoms with Gasteiger partial charge in [0.05, 0.1) is 17.3 Å². The summed E-state index contributed by atoms with van der Waals surface area (Å²) in [5.41, 5.74) is 4.14. The number of nitrogens with zero attached hydrogens (tertiary/aromatic N) is 1. The summed E-state index contributed by atoms with van der Waals surface area (Å²) in [4.78, 5) is 13.6. The second-order valence-electron chi connectivity index (χ2n) is 3.57. The molecule has 78 valence electrons. The van der Waals surface area contributed by atoms with E-state index < -0.39 is 0 Å². The van der Waals surface area contributed by atoms with Crippen molar-refractivity contribution in [3.63, 3.8) is 0 Å². The fourth-order valence-electron chi connectivity index (χ4n) is 1.67. The van der Waals surface area contributed by atoms with Crippen molar-refractivity contribution >= 4 is 6.29 Å². The molecule has 1 aromatic heterocycles. The summed E-state index contributed by atoms with van der Waals surface area (Å²) in [7, 11) is 0. The van der Waals surface area contributed by atoms with E-state index in [-0.39, 0.29) is 0 Å². The van der Waals surface area contributed by atoms with Gasteiger partial charge in [-0.2, -0.15) is 5.26 Å². The summed E-state index contributed by atoms with van der Waals surface area (Å²) in [6.07, 6.45) is 0.792. The van der Waals surface area contributed by atoms with Gasteiger partial charge in [-0.05, 0) is 30.7 Å². The number of rotatable bonds is 2. The molecule has 0 radical (unpaired) electrons. The predicted molar refractivity (Wildman–Crippen MR) is 61.1 cm³/mol. The number of aromatic amines is 1. The van der Waals surface area contributed by atoms with Crippen LogP contribution in [0, 0.1) is 18.3 Å². The molecule has 16 heavy (non-hydrogen) atoms. The van der Waals surface area contributed by atoms with Gasteiger partial charge in [0.15, 0.2) is 6.29 Å². The molecule has 0 aliphatic rings. The largest absolute Gasteiger partial charge is 0.356 e. The van der Waals surface area contributed by atoms with Crippen LogP contribution in [0.2, 0.25) is 0 Å². The van der Waals surface area contributed by atoms with Gasteiger partial charge >= 0.3 is 0 Å². The number of benzene rings is 1. The van der Waals surface area contributed by atoms with Gasteiger partial charge in [0.1, 0.15) is 0 Å². The molecule has 0 aliphatic heterocycles. The fraction of sp³-hybridized carbons (Fsp3) is 0.0769. The number of H-pyrrole nitrogens is 1. The van der Waals surface area contributed by atoms with Crippen LogP contribution in [0.1, 0.15) is 21.7 Å². The maximum Gasteiger partial charge on any atom is 0.166 e. The van der Waals surface area contributed by atoms with Gasteiger partial charge in [-0.1, -0.05) is 12.1 Å². The molecule has 3 nitrogen and oxygen atoms in total. The van der Waals surface area contributed by atoms with Gasteiger partial charge in [-0.25, -0.2) is 0 Å². The third kappa shape index (κ3) is 1.73. The standard InChI is InChI=1S/C13H10N2O/c1-9-13(6-12(8-16)15-9)11-4-2-10(7-14)3-5-11/h2-6,8,15H,1H3. The number of hydrogen-bond acceptors (Lipinski definition) is 2. The van der Waals surface area contributed by atoms with E-state index in [1.165, 1.54) is 0 Å². The van der Waals surface area contributed by atoms with Crippen molar-refractivity contribution in [2.24, 2.45) is 0 Å². The molecule has 0 amide bonds. The Hall–Kier alpha value is -2.34. The number of carbonyl (C=O) groups is 1. The Balaban J connectivity index is 2.46. The number of aromatic nitrogens is 1. The average Bonchev–Trinajstić information content (AvgIpc) is 2.71. The number of aldehydes is 1. The van der Waals surface area contributed by atoms with Crippen molar-refractivity contribution < 1.29 is 4.79 Å². The summed E-state index contributed by atoms with van der Waals surface area (Å²) in [5.74, 6) is 0. The highest BCUT2D eigenvalue weighted by atomic mass is 16.1. The third-order valence-corrected chi connectivity index (χ3v) is 2.49. The van der Waals surface area contributed by atoms with E-state index in [1.807, 2.05) is 25.1 Å². The van der Waals surface area contributed by atoms with Gasteiger partial charge in [0, 0.05) is 11.3 Å². The Labute approximate surface area is 93.3 Å². The zero-order valence-electron chi connectivity index (χ0n) is 8.82. The van der Waals surface area contributed by atoms with Gasteiger partial charge in [0.25, 0.3) is 0 Å². The molecule has 0 spiro atoms. The molecule has 1 N–H and O–H groups in total. The van der Waals surface area contributed by atoms with Crippen LogP contribution in [0.25, 0.3) is 11.1 Å². The lowest BCUT2D eigenvalue weighted by molar-refractivity contribution is 0.111. The van der Waals surface area contributed by atoms with Gasteiger partial charge in [-0.15, -0.1) is 0 Å². The molecular formula is C13H10N2O. The normalized spacial score (nSPS) is 9.75. The molecule has 2 aromatic rings. The zero-order valence-corrected chi connectivity index (χ0v) is 8.82. The lowest BCUT2D eigenvalue weighted by atomic mass is 10.0. The molecule has 1 aromatic carbocycles. The summed E-state index contributed by atoms with van der Waals surface area (Å²) in [6.45, 7) is 1.92. The second-order valence-corrected chi connectivity index (χ2v) is 3.57. The topological polar surface area (TPSA) is 56.6 Å². The van der Waals surface area contributed by atoms with E-state index in [0.29, 0.717) is 11.3 Å². The molecule has 2 rings (SSSR count). The molecule has 3 heteroatoms. The summed E-state index contributed by atoms with van der Waals surface area (Å²) >= 11 is 0. The first-order chi connectivity index (χ1) is 7.74. The van der Waals surface area contributed by atoms with Crippen LogP contribution in [-0.4, -0.2) is 11.3 Å². The number of nitriles is 1. The Kier molecular flexibility index (Phi) is 2.57. The van der Waals surface area contributed by atoms with Gasteiger partial charge in [-0.3, -0.25) is 4.79 Å². The smallest absolute Gasteiger partial charge is 0.166 e. The zero-order chi connectivity index (χ0) is 11.5. The lowest BCUT2D eigenvalue weighted by Crippen LogP contribution is -1.80. The molecule has 0 saturated heterocycles. The van der Waals surface area contributed by atoms with Gasteiger partial charge < -0.3 is 4.98 Å². The van der Waals surface area contributed by atoms with Gasteiger partial charge in [0.2, 0.25) is 0 Å². The molecule has 0 atom stereocenters. The second kappa shape index (κ2) is 4.03. The highest BCUT2D eigenvalue weighted by Crippen LogP contribution is 2.24. The van der Waals surface area contributed by atoms with Crippen LogP contribution < -0.4 is 0 Å². The number of hydrogen-bond donors (Lipinski definition) is 1. The average molecular weight is 210 g/mol. The molecule has 1 heterocycles. The first kappa shape index (κ1) is 10.2. The Bertz CT molecular complexity index is 559. The summed E-state index contributed by atoms with van der Waals surface area (Å²) in [5, 5.41) is 8.69. The van der Waals surface area contributed by atoms with Crippen LogP contribution in [-0.2, 0) is 0 Å². The summed E-state index contributed by atoms with van der Waals surface area (Å²) in [6, 6.07) is 11.2. The molecule has 0 saturated carbocycles. The van der Waals surface area contributed by atoms with Crippen molar-refractivity contribution in [2.45, 2.75) is 6.92 Å². The third-order valence-electron chi connectivity index (χ3n) is 2.49. The fourth-order valence-corrected chi connectivity index (χ4v) is 1.67. The van der Waals surface area contributed by atoms with E-state index in [2.05, 4.69) is 11.1 Å².